The van der Waals surface area contributed by atoms with Crippen molar-refractivity contribution < 1.29 is 9.53 Å². The van der Waals surface area contributed by atoms with E-state index >= 15 is 0 Å². The second-order valence-corrected chi connectivity index (χ2v) is 6.06. The summed E-state index contributed by atoms with van der Waals surface area (Å²) in [5, 5.41) is 6.08. The van der Waals surface area contributed by atoms with E-state index in [-0.39, 0.29) is 11.6 Å². The number of hydrogen-bond acceptors (Lipinski definition) is 5. The number of aryl methyl sites for hydroxylation is 2. The number of carbonyl (C=O) groups is 1. The van der Waals surface area contributed by atoms with Gasteiger partial charge in [0.05, 0.1) is 12.3 Å². The first-order chi connectivity index (χ1) is 13.0. The van der Waals surface area contributed by atoms with Gasteiger partial charge in [-0.3, -0.25) is 4.79 Å². The van der Waals surface area contributed by atoms with Crippen LogP contribution in [0.1, 0.15) is 28.8 Å². The molecule has 0 aliphatic heterocycles. The van der Waals surface area contributed by atoms with Crippen molar-refractivity contribution in [1.82, 2.24) is 9.97 Å². The number of nitrogens with zero attached hydrogens (tertiary/aromatic N) is 2. The van der Waals surface area contributed by atoms with Crippen molar-refractivity contribution in [2.75, 3.05) is 17.2 Å². The number of aromatic nitrogens is 2. The molecule has 2 N–H and O–H groups in total. The standard InChI is InChI=1S/C21H22N4O2/c1-4-27-19-11-6-5-10-17(19)25-21(26)18-13-20(23-15(3)22-18)24-16-9-7-8-14(2)12-16/h5-13H,4H2,1-3H3,(H,25,26)(H,22,23,24). The largest absolute Gasteiger partial charge is 0.492 e. The predicted octanol–water partition coefficient (Wildman–Crippen LogP) is 4.49. The van der Waals surface area contributed by atoms with Crippen LogP contribution in [0.4, 0.5) is 17.2 Å². The molecule has 27 heavy (non-hydrogen) atoms. The maximum Gasteiger partial charge on any atom is 0.274 e. The molecule has 3 rings (SSSR count). The highest BCUT2D eigenvalue weighted by Gasteiger charge is 2.13. The van der Waals surface area contributed by atoms with E-state index < -0.39 is 0 Å². The third kappa shape index (κ3) is 4.82. The van der Waals surface area contributed by atoms with Crippen LogP contribution in [-0.2, 0) is 0 Å². The van der Waals surface area contributed by atoms with Crippen LogP contribution in [0.25, 0.3) is 0 Å². The quantitative estimate of drug-likeness (QED) is 0.676. The lowest BCUT2D eigenvalue weighted by molar-refractivity contribution is 0.102. The Kier molecular flexibility index (Phi) is 5.66. The van der Waals surface area contributed by atoms with E-state index in [9.17, 15) is 4.79 Å². The first kappa shape index (κ1) is 18.4. The van der Waals surface area contributed by atoms with Gasteiger partial charge in [-0.05, 0) is 50.6 Å². The molecule has 2 aromatic carbocycles. The molecular weight excluding hydrogens is 340 g/mol. The van der Waals surface area contributed by atoms with E-state index in [1.165, 1.54) is 0 Å². The van der Waals surface area contributed by atoms with Crippen molar-refractivity contribution in [2.24, 2.45) is 0 Å². The number of anilines is 3. The number of para-hydroxylation sites is 2. The van der Waals surface area contributed by atoms with Crippen LogP contribution in [0.2, 0.25) is 0 Å². The minimum absolute atomic E-state index is 0.281. The van der Waals surface area contributed by atoms with Crippen LogP contribution >= 0.6 is 0 Å². The molecule has 3 aromatic rings. The van der Waals surface area contributed by atoms with E-state index in [1.54, 1.807) is 19.1 Å². The van der Waals surface area contributed by atoms with Gasteiger partial charge < -0.3 is 15.4 Å². The second-order valence-electron chi connectivity index (χ2n) is 6.06. The first-order valence-electron chi connectivity index (χ1n) is 8.77. The second kappa shape index (κ2) is 8.31. The number of carbonyl (C=O) groups excluding carboxylic acids is 1. The summed E-state index contributed by atoms with van der Waals surface area (Å²) in [5.74, 6) is 1.38. The molecule has 0 unspecified atom stereocenters. The summed E-state index contributed by atoms with van der Waals surface area (Å²) in [5.41, 5.74) is 2.93. The average molecular weight is 362 g/mol. The zero-order valence-corrected chi connectivity index (χ0v) is 15.6. The third-order valence-corrected chi connectivity index (χ3v) is 3.80. The summed E-state index contributed by atoms with van der Waals surface area (Å²) >= 11 is 0. The van der Waals surface area contributed by atoms with Crippen molar-refractivity contribution in [3.63, 3.8) is 0 Å². The van der Waals surface area contributed by atoms with Gasteiger partial charge in [-0.15, -0.1) is 0 Å². The van der Waals surface area contributed by atoms with Gasteiger partial charge in [-0.25, -0.2) is 9.97 Å². The molecule has 0 bridgehead atoms. The number of hydrogen-bond donors (Lipinski definition) is 2. The highest BCUT2D eigenvalue weighted by molar-refractivity contribution is 6.04. The Labute approximate surface area is 158 Å². The van der Waals surface area contributed by atoms with Gasteiger partial charge in [0.2, 0.25) is 0 Å². The van der Waals surface area contributed by atoms with Crippen molar-refractivity contribution in [3.8, 4) is 5.75 Å². The van der Waals surface area contributed by atoms with Crippen LogP contribution in [-0.4, -0.2) is 22.5 Å². The molecule has 1 heterocycles. The molecular formula is C21H22N4O2. The summed E-state index contributed by atoms with van der Waals surface area (Å²) in [6.45, 7) is 6.19. The lowest BCUT2D eigenvalue weighted by Gasteiger charge is -2.12. The van der Waals surface area contributed by atoms with Crippen molar-refractivity contribution in [1.29, 1.82) is 0 Å². The Morgan fingerprint density at radius 1 is 1.04 bits per heavy atom. The highest BCUT2D eigenvalue weighted by Crippen LogP contribution is 2.24. The minimum atomic E-state index is -0.319. The van der Waals surface area contributed by atoms with Crippen LogP contribution in [0.15, 0.2) is 54.6 Å². The van der Waals surface area contributed by atoms with E-state index in [1.807, 2.05) is 56.3 Å². The Hall–Kier alpha value is -3.41. The summed E-state index contributed by atoms with van der Waals surface area (Å²) in [4.78, 5) is 21.3. The van der Waals surface area contributed by atoms with E-state index in [4.69, 9.17) is 4.74 Å². The number of amides is 1. The average Bonchev–Trinajstić information content (AvgIpc) is 2.63. The molecule has 0 spiro atoms. The highest BCUT2D eigenvalue weighted by atomic mass is 16.5. The fourth-order valence-corrected chi connectivity index (χ4v) is 2.66. The van der Waals surface area contributed by atoms with Gasteiger partial charge >= 0.3 is 0 Å². The van der Waals surface area contributed by atoms with E-state index in [0.29, 0.717) is 29.7 Å². The Morgan fingerprint density at radius 2 is 1.85 bits per heavy atom. The normalized spacial score (nSPS) is 10.3. The zero-order chi connectivity index (χ0) is 19.2. The zero-order valence-electron chi connectivity index (χ0n) is 15.6. The predicted molar refractivity (Wildman–Crippen MR) is 107 cm³/mol. The van der Waals surface area contributed by atoms with Gasteiger partial charge in [0.15, 0.2) is 0 Å². The van der Waals surface area contributed by atoms with Crippen LogP contribution in [0.3, 0.4) is 0 Å². The van der Waals surface area contributed by atoms with Crippen molar-refractivity contribution >= 4 is 23.1 Å². The molecule has 0 aliphatic rings. The molecule has 6 nitrogen and oxygen atoms in total. The molecule has 0 atom stereocenters. The van der Waals surface area contributed by atoms with Crippen LogP contribution < -0.4 is 15.4 Å². The summed E-state index contributed by atoms with van der Waals surface area (Å²) in [6.07, 6.45) is 0. The maximum atomic E-state index is 12.7. The lowest BCUT2D eigenvalue weighted by atomic mass is 10.2. The van der Waals surface area contributed by atoms with Crippen LogP contribution in [0, 0.1) is 13.8 Å². The molecule has 0 saturated heterocycles. The first-order valence-corrected chi connectivity index (χ1v) is 8.77. The fourth-order valence-electron chi connectivity index (χ4n) is 2.66. The van der Waals surface area contributed by atoms with Crippen LogP contribution in [0.5, 0.6) is 5.75 Å². The monoisotopic (exact) mass is 362 g/mol. The fraction of sp³-hybridized carbons (Fsp3) is 0.190. The number of nitrogens with one attached hydrogen (secondary N) is 2. The van der Waals surface area contributed by atoms with E-state index in [0.717, 1.165) is 11.3 Å². The summed E-state index contributed by atoms with van der Waals surface area (Å²) in [6, 6.07) is 16.9. The summed E-state index contributed by atoms with van der Waals surface area (Å²) in [7, 11) is 0. The van der Waals surface area contributed by atoms with E-state index in [2.05, 4.69) is 20.6 Å². The Morgan fingerprint density at radius 3 is 2.63 bits per heavy atom. The SMILES string of the molecule is CCOc1ccccc1NC(=O)c1cc(Nc2cccc(C)c2)nc(C)n1. The summed E-state index contributed by atoms with van der Waals surface area (Å²) < 4.78 is 5.55. The number of ether oxygens (including phenoxy) is 1. The topological polar surface area (TPSA) is 76.1 Å². The van der Waals surface area contributed by atoms with Gasteiger partial charge in [-0.1, -0.05) is 24.3 Å². The number of benzene rings is 2. The molecule has 6 heteroatoms. The smallest absolute Gasteiger partial charge is 0.274 e. The molecule has 0 radical (unpaired) electrons. The third-order valence-electron chi connectivity index (χ3n) is 3.80. The van der Waals surface area contributed by atoms with Gasteiger partial charge in [0.1, 0.15) is 23.1 Å². The Balaban J connectivity index is 1.82. The number of rotatable bonds is 6. The van der Waals surface area contributed by atoms with Crippen molar-refractivity contribution in [3.05, 3.63) is 71.7 Å². The minimum Gasteiger partial charge on any atom is -0.492 e. The van der Waals surface area contributed by atoms with Gasteiger partial charge in [0, 0.05) is 11.8 Å². The molecule has 0 aliphatic carbocycles. The molecule has 1 aromatic heterocycles. The maximum absolute atomic E-state index is 12.7. The van der Waals surface area contributed by atoms with Crippen molar-refractivity contribution in [2.45, 2.75) is 20.8 Å². The molecule has 0 saturated carbocycles. The Bertz CT molecular complexity index is 956. The van der Waals surface area contributed by atoms with Gasteiger partial charge in [0.25, 0.3) is 5.91 Å². The lowest BCUT2D eigenvalue weighted by Crippen LogP contribution is -2.16. The molecule has 1 amide bonds. The molecule has 0 fully saturated rings. The van der Waals surface area contributed by atoms with Gasteiger partial charge in [-0.2, -0.15) is 0 Å². The molecule has 138 valence electrons.